The van der Waals surface area contributed by atoms with E-state index >= 15 is 0 Å². The van der Waals surface area contributed by atoms with Crippen molar-refractivity contribution in [1.29, 1.82) is 0 Å². The smallest absolute Gasteiger partial charge is 0.349 e. The summed E-state index contributed by atoms with van der Waals surface area (Å²) in [7, 11) is -0.792. The van der Waals surface area contributed by atoms with E-state index in [0.717, 1.165) is 43.4 Å². The van der Waals surface area contributed by atoms with Crippen molar-refractivity contribution in [3.63, 3.8) is 0 Å². The Morgan fingerprint density at radius 2 is 1.95 bits per heavy atom. The molecule has 118 valence electrons. The molecule has 7 heteroatoms. The van der Waals surface area contributed by atoms with Crippen molar-refractivity contribution >= 4 is 27.3 Å². The molecule has 0 saturated heterocycles. The molecule has 1 fully saturated rings. The number of esters is 1. The molecule has 1 aromatic heterocycles. The van der Waals surface area contributed by atoms with E-state index in [1.807, 2.05) is 0 Å². The van der Waals surface area contributed by atoms with Gasteiger partial charge in [0, 0.05) is 13.1 Å². The maximum Gasteiger partial charge on any atom is 0.349 e. The van der Waals surface area contributed by atoms with Gasteiger partial charge in [0.2, 0.25) is 10.0 Å². The zero-order valence-electron chi connectivity index (χ0n) is 12.6. The highest BCUT2D eigenvalue weighted by Gasteiger charge is 2.34. The van der Waals surface area contributed by atoms with Crippen LogP contribution in [0.2, 0.25) is 0 Å². The van der Waals surface area contributed by atoms with Crippen molar-refractivity contribution in [3.05, 3.63) is 15.8 Å². The Morgan fingerprint density at radius 3 is 2.52 bits per heavy atom. The van der Waals surface area contributed by atoms with Gasteiger partial charge in [-0.15, -0.1) is 11.3 Å². The third kappa shape index (κ3) is 3.14. The van der Waals surface area contributed by atoms with Crippen molar-refractivity contribution in [3.8, 4) is 0 Å². The fourth-order valence-electron chi connectivity index (χ4n) is 2.77. The van der Waals surface area contributed by atoms with E-state index in [-0.39, 0.29) is 15.8 Å². The summed E-state index contributed by atoms with van der Waals surface area (Å²) < 4.78 is 31.9. The third-order valence-electron chi connectivity index (χ3n) is 4.01. The average Bonchev–Trinajstić information content (AvgIpc) is 2.89. The van der Waals surface area contributed by atoms with Gasteiger partial charge in [-0.1, -0.05) is 19.3 Å². The summed E-state index contributed by atoms with van der Waals surface area (Å²) in [6, 6.07) is 0.0218. The number of carbonyl (C=O) groups excluding carboxylic acids is 1. The molecular formula is C14H21NO4S2. The van der Waals surface area contributed by atoms with Gasteiger partial charge in [-0.05, 0) is 30.7 Å². The number of aryl methyl sites for hydroxylation is 1. The summed E-state index contributed by atoms with van der Waals surface area (Å²) >= 11 is 1.12. The molecule has 0 aliphatic heterocycles. The molecule has 1 aromatic rings. The maximum absolute atomic E-state index is 12.9. The van der Waals surface area contributed by atoms with E-state index in [1.54, 1.807) is 19.4 Å². The van der Waals surface area contributed by atoms with Crippen LogP contribution in [-0.2, 0) is 14.8 Å². The van der Waals surface area contributed by atoms with Gasteiger partial charge in [0.05, 0.1) is 7.11 Å². The predicted octanol–water partition coefficient (Wildman–Crippen LogP) is 2.80. The minimum atomic E-state index is -3.67. The molecule has 0 unspecified atom stereocenters. The molecule has 21 heavy (non-hydrogen) atoms. The van der Waals surface area contributed by atoms with Crippen LogP contribution >= 0.6 is 11.3 Å². The third-order valence-corrected chi connectivity index (χ3v) is 7.32. The number of hydrogen-bond acceptors (Lipinski definition) is 5. The first-order valence-electron chi connectivity index (χ1n) is 7.04. The van der Waals surface area contributed by atoms with Gasteiger partial charge in [0.15, 0.2) is 0 Å². The van der Waals surface area contributed by atoms with Crippen molar-refractivity contribution in [2.75, 3.05) is 14.2 Å². The molecule has 0 radical (unpaired) electrons. The van der Waals surface area contributed by atoms with Gasteiger partial charge in [0.1, 0.15) is 9.77 Å². The first-order chi connectivity index (χ1) is 9.89. The summed E-state index contributed by atoms with van der Waals surface area (Å²) in [4.78, 5) is 12.1. The van der Waals surface area contributed by atoms with Crippen LogP contribution in [0.1, 0.15) is 47.3 Å². The number of rotatable bonds is 4. The molecule has 0 N–H and O–H groups in total. The SMILES string of the molecule is COC(=O)c1scc(C)c1S(=O)(=O)N(C)C1CCCCC1. The fraction of sp³-hybridized carbons (Fsp3) is 0.643. The zero-order valence-corrected chi connectivity index (χ0v) is 14.2. The fourth-order valence-corrected chi connectivity index (χ4v) is 5.84. The Hall–Kier alpha value is -0.920. The minimum Gasteiger partial charge on any atom is -0.465 e. The number of ether oxygens (including phenoxy) is 1. The van der Waals surface area contributed by atoms with Crippen LogP contribution in [0.25, 0.3) is 0 Å². The lowest BCUT2D eigenvalue weighted by Gasteiger charge is -2.30. The lowest BCUT2D eigenvalue weighted by molar-refractivity contribution is 0.0602. The van der Waals surface area contributed by atoms with Gasteiger partial charge in [-0.2, -0.15) is 4.31 Å². The van der Waals surface area contributed by atoms with Crippen LogP contribution in [0.3, 0.4) is 0 Å². The van der Waals surface area contributed by atoms with E-state index in [2.05, 4.69) is 0 Å². The highest BCUT2D eigenvalue weighted by Crippen LogP contribution is 2.32. The Bertz CT molecular complexity index is 615. The van der Waals surface area contributed by atoms with Crippen LogP contribution in [0, 0.1) is 6.92 Å². The Kier molecular flexibility index (Phi) is 5.06. The lowest BCUT2D eigenvalue weighted by Crippen LogP contribution is -2.38. The highest BCUT2D eigenvalue weighted by molar-refractivity contribution is 7.89. The summed E-state index contributed by atoms with van der Waals surface area (Å²) in [5.41, 5.74) is 0.600. The monoisotopic (exact) mass is 331 g/mol. The molecule has 1 aliphatic carbocycles. The van der Waals surface area contributed by atoms with Gasteiger partial charge >= 0.3 is 5.97 Å². The van der Waals surface area contributed by atoms with E-state index in [9.17, 15) is 13.2 Å². The quantitative estimate of drug-likeness (QED) is 0.796. The zero-order chi connectivity index (χ0) is 15.6. The first-order valence-corrected chi connectivity index (χ1v) is 9.36. The van der Waals surface area contributed by atoms with Gasteiger partial charge < -0.3 is 4.74 Å². The number of thiophene rings is 1. The lowest BCUT2D eigenvalue weighted by atomic mass is 9.96. The van der Waals surface area contributed by atoms with Crippen LogP contribution < -0.4 is 0 Å². The van der Waals surface area contributed by atoms with E-state index in [4.69, 9.17) is 4.74 Å². The van der Waals surface area contributed by atoms with E-state index < -0.39 is 16.0 Å². The topological polar surface area (TPSA) is 63.7 Å². The predicted molar refractivity (Wildman–Crippen MR) is 82.2 cm³/mol. The Balaban J connectivity index is 2.39. The van der Waals surface area contributed by atoms with Crippen molar-refractivity contribution < 1.29 is 17.9 Å². The van der Waals surface area contributed by atoms with Crippen LogP contribution in [0.4, 0.5) is 0 Å². The molecule has 2 rings (SSSR count). The Labute approximate surface area is 130 Å². The summed E-state index contributed by atoms with van der Waals surface area (Å²) in [6.07, 6.45) is 5.03. The van der Waals surface area contributed by atoms with Crippen molar-refractivity contribution in [2.45, 2.75) is 50.0 Å². The molecule has 5 nitrogen and oxygen atoms in total. The standard InChI is InChI=1S/C14H21NO4S2/c1-10-9-20-12(14(16)19-3)13(10)21(17,18)15(2)11-7-5-4-6-8-11/h9,11H,4-8H2,1-3H3. The maximum atomic E-state index is 12.9. The summed E-state index contributed by atoms with van der Waals surface area (Å²) in [5.74, 6) is -0.594. The first kappa shape index (κ1) is 16.5. The van der Waals surface area contributed by atoms with E-state index in [0.29, 0.717) is 5.56 Å². The molecule has 1 heterocycles. The second kappa shape index (κ2) is 6.46. The molecule has 0 atom stereocenters. The molecular weight excluding hydrogens is 310 g/mol. The number of nitrogens with zero attached hydrogens (tertiary/aromatic N) is 1. The summed E-state index contributed by atoms with van der Waals surface area (Å²) in [6.45, 7) is 1.71. The Morgan fingerprint density at radius 1 is 1.33 bits per heavy atom. The second-order valence-corrected chi connectivity index (χ2v) is 8.20. The molecule has 0 aromatic carbocycles. The van der Waals surface area contributed by atoms with E-state index in [1.165, 1.54) is 11.4 Å². The summed E-state index contributed by atoms with van der Waals surface area (Å²) in [5, 5.41) is 1.69. The average molecular weight is 331 g/mol. The number of hydrogen-bond donors (Lipinski definition) is 0. The number of sulfonamides is 1. The van der Waals surface area contributed by atoms with Gasteiger partial charge in [-0.25, -0.2) is 13.2 Å². The van der Waals surface area contributed by atoms with Crippen molar-refractivity contribution in [1.82, 2.24) is 4.31 Å². The highest BCUT2D eigenvalue weighted by atomic mass is 32.2. The second-order valence-electron chi connectivity index (χ2n) is 5.38. The van der Waals surface area contributed by atoms with Crippen LogP contribution in [0.5, 0.6) is 0 Å². The molecule has 0 bridgehead atoms. The molecule has 1 saturated carbocycles. The largest absolute Gasteiger partial charge is 0.465 e. The molecule has 0 spiro atoms. The van der Waals surface area contributed by atoms with Crippen LogP contribution in [0.15, 0.2) is 10.3 Å². The van der Waals surface area contributed by atoms with Gasteiger partial charge in [0.25, 0.3) is 0 Å². The molecule has 1 aliphatic rings. The van der Waals surface area contributed by atoms with Crippen LogP contribution in [-0.4, -0.2) is 38.9 Å². The number of methoxy groups -OCH3 is 1. The van der Waals surface area contributed by atoms with Crippen molar-refractivity contribution in [2.24, 2.45) is 0 Å². The minimum absolute atomic E-state index is 0.0218. The molecule has 0 amide bonds. The number of carbonyl (C=O) groups is 1. The normalized spacial score (nSPS) is 17.1. The van der Waals surface area contributed by atoms with Gasteiger partial charge in [-0.3, -0.25) is 0 Å².